The molecule has 1 saturated heterocycles. The SMILES string of the molecule is Cc1nc(NC2=[NH+]C[NH+](CC[NH+]3CCOCC3)CN2)nc2c(C)cccc12. The van der Waals surface area contributed by atoms with E-state index in [1.165, 1.54) is 11.4 Å². The average Bonchev–Trinajstić information content (AvgIpc) is 2.69. The number of hydrogen-bond donors (Lipinski definition) is 5. The van der Waals surface area contributed by atoms with Crippen molar-refractivity contribution < 1.29 is 19.5 Å². The van der Waals surface area contributed by atoms with Crippen molar-refractivity contribution in [3.8, 4) is 0 Å². The fourth-order valence-electron chi connectivity index (χ4n) is 3.70. The summed E-state index contributed by atoms with van der Waals surface area (Å²) in [6, 6.07) is 6.21. The number of anilines is 1. The number of para-hydroxylation sites is 1. The van der Waals surface area contributed by atoms with Crippen molar-refractivity contribution in [2.75, 3.05) is 58.0 Å². The molecule has 8 nitrogen and oxygen atoms in total. The van der Waals surface area contributed by atoms with Crippen LogP contribution in [0.1, 0.15) is 11.3 Å². The van der Waals surface area contributed by atoms with E-state index in [1.54, 1.807) is 4.90 Å². The summed E-state index contributed by atoms with van der Waals surface area (Å²) in [5.41, 5.74) is 3.16. The topological polar surface area (TPSA) is 81.9 Å². The van der Waals surface area contributed by atoms with Crippen molar-refractivity contribution in [3.05, 3.63) is 29.5 Å². The molecule has 4 rings (SSSR count). The first kappa shape index (κ1) is 18.1. The standard InChI is InChI=1S/C19H27N7O/c1-14-4-3-5-16-15(2)22-19(23-17(14)16)24-18-20-12-26(13-21-18)7-6-25-8-10-27-11-9-25/h3-5H,6-13H2,1-2H3,(H2,20,21,22,23,24)/p+3. The lowest BCUT2D eigenvalue weighted by molar-refractivity contribution is -1.01. The summed E-state index contributed by atoms with van der Waals surface area (Å²) in [5.74, 6) is 1.51. The zero-order valence-corrected chi connectivity index (χ0v) is 16.2. The number of ether oxygens (including phenoxy) is 1. The summed E-state index contributed by atoms with van der Waals surface area (Å²) >= 11 is 0. The summed E-state index contributed by atoms with van der Waals surface area (Å²) in [6.07, 6.45) is 0. The molecule has 5 N–H and O–H groups in total. The Kier molecular flexibility index (Phi) is 5.47. The molecule has 0 saturated carbocycles. The molecule has 3 heterocycles. The van der Waals surface area contributed by atoms with Crippen LogP contribution in [0.5, 0.6) is 0 Å². The monoisotopic (exact) mass is 372 g/mol. The Morgan fingerprint density at radius 2 is 1.96 bits per heavy atom. The second-order valence-corrected chi connectivity index (χ2v) is 7.42. The summed E-state index contributed by atoms with van der Waals surface area (Å²) < 4.78 is 5.43. The number of aryl methyl sites for hydroxylation is 2. The van der Waals surface area contributed by atoms with E-state index >= 15 is 0 Å². The van der Waals surface area contributed by atoms with Crippen LogP contribution in [0.4, 0.5) is 5.95 Å². The number of nitrogens with zero attached hydrogens (tertiary/aromatic N) is 2. The molecule has 8 heteroatoms. The highest BCUT2D eigenvalue weighted by Crippen LogP contribution is 2.19. The minimum absolute atomic E-state index is 0.630. The van der Waals surface area contributed by atoms with Gasteiger partial charge in [0.15, 0.2) is 13.3 Å². The molecule has 2 aromatic rings. The van der Waals surface area contributed by atoms with Gasteiger partial charge in [-0.25, -0.2) is 20.6 Å². The van der Waals surface area contributed by atoms with E-state index in [-0.39, 0.29) is 0 Å². The van der Waals surface area contributed by atoms with Crippen LogP contribution in [-0.2, 0) is 4.74 Å². The first-order valence-corrected chi connectivity index (χ1v) is 9.79. The van der Waals surface area contributed by atoms with E-state index in [2.05, 4.69) is 45.7 Å². The number of nitrogens with one attached hydrogen (secondary N) is 5. The molecule has 1 aromatic carbocycles. The van der Waals surface area contributed by atoms with Gasteiger partial charge in [-0.3, -0.25) is 4.90 Å². The minimum atomic E-state index is 0.630. The number of aromatic nitrogens is 2. The minimum Gasteiger partial charge on any atom is -0.370 e. The summed E-state index contributed by atoms with van der Waals surface area (Å²) in [6.45, 7) is 12.3. The molecule has 1 aromatic heterocycles. The van der Waals surface area contributed by atoms with E-state index < -0.39 is 0 Å². The lowest BCUT2D eigenvalue weighted by Crippen LogP contribution is -3.27. The number of benzene rings is 1. The Hall–Kier alpha value is -2.29. The highest BCUT2D eigenvalue weighted by Gasteiger charge is 2.23. The van der Waals surface area contributed by atoms with Crippen molar-refractivity contribution in [3.63, 3.8) is 0 Å². The molecule has 1 unspecified atom stereocenters. The van der Waals surface area contributed by atoms with Crippen molar-refractivity contribution in [2.24, 2.45) is 0 Å². The summed E-state index contributed by atoms with van der Waals surface area (Å²) in [5, 5.41) is 7.84. The van der Waals surface area contributed by atoms with Crippen molar-refractivity contribution in [2.45, 2.75) is 13.8 Å². The predicted molar refractivity (Wildman–Crippen MR) is 104 cm³/mol. The maximum absolute atomic E-state index is 5.43. The van der Waals surface area contributed by atoms with Gasteiger partial charge in [-0.15, -0.1) is 0 Å². The number of quaternary nitrogens is 2. The smallest absolute Gasteiger partial charge is 0.359 e. The van der Waals surface area contributed by atoms with Gasteiger partial charge in [0.25, 0.3) is 5.95 Å². The fraction of sp³-hybridized carbons (Fsp3) is 0.526. The molecule has 1 fully saturated rings. The quantitative estimate of drug-likeness (QED) is 0.383. The van der Waals surface area contributed by atoms with Crippen LogP contribution in [0.2, 0.25) is 0 Å². The van der Waals surface area contributed by atoms with Gasteiger partial charge in [-0.2, -0.15) is 4.98 Å². The molecule has 0 bridgehead atoms. The summed E-state index contributed by atoms with van der Waals surface area (Å²) in [4.78, 5) is 15.9. The molecule has 144 valence electrons. The average molecular weight is 372 g/mol. The maximum Gasteiger partial charge on any atom is 0.359 e. The van der Waals surface area contributed by atoms with E-state index in [1.807, 2.05) is 6.92 Å². The number of fused-ring (bicyclic) bond motifs is 1. The van der Waals surface area contributed by atoms with Gasteiger partial charge in [-0.1, -0.05) is 18.2 Å². The van der Waals surface area contributed by atoms with E-state index in [9.17, 15) is 0 Å². The van der Waals surface area contributed by atoms with E-state index in [0.717, 1.165) is 74.3 Å². The van der Waals surface area contributed by atoms with Crippen molar-refractivity contribution in [1.29, 1.82) is 0 Å². The molecule has 0 radical (unpaired) electrons. The zero-order valence-electron chi connectivity index (χ0n) is 16.2. The fourth-order valence-corrected chi connectivity index (χ4v) is 3.70. The Morgan fingerprint density at radius 1 is 1.15 bits per heavy atom. The van der Waals surface area contributed by atoms with Gasteiger partial charge < -0.3 is 9.64 Å². The van der Waals surface area contributed by atoms with Crippen LogP contribution in [0.15, 0.2) is 18.2 Å². The number of rotatable bonds is 4. The molecule has 1 atom stereocenters. The van der Waals surface area contributed by atoms with Gasteiger partial charge in [0.05, 0.1) is 24.4 Å². The van der Waals surface area contributed by atoms with Gasteiger partial charge in [0.1, 0.15) is 26.2 Å². The van der Waals surface area contributed by atoms with Crippen LogP contribution < -0.4 is 25.4 Å². The highest BCUT2D eigenvalue weighted by atomic mass is 16.5. The molecule has 0 aliphatic carbocycles. The molecular formula is C19H30N7O+3. The van der Waals surface area contributed by atoms with Crippen LogP contribution >= 0.6 is 0 Å². The third-order valence-electron chi connectivity index (χ3n) is 5.42. The molecule has 0 spiro atoms. The lowest BCUT2D eigenvalue weighted by Gasteiger charge is -2.26. The molecule has 2 aliphatic heterocycles. The Labute approximate surface area is 159 Å². The molecule has 0 amide bonds. The Balaban J connectivity index is 1.36. The van der Waals surface area contributed by atoms with Gasteiger partial charge in [0, 0.05) is 5.39 Å². The van der Waals surface area contributed by atoms with Gasteiger partial charge >= 0.3 is 5.96 Å². The molecule has 2 aliphatic rings. The first-order chi connectivity index (χ1) is 13.2. The molecule has 27 heavy (non-hydrogen) atoms. The highest BCUT2D eigenvalue weighted by molar-refractivity contribution is 5.90. The normalized spacial score (nSPS) is 21.0. The Bertz CT molecular complexity index is 832. The van der Waals surface area contributed by atoms with Gasteiger partial charge in [-0.05, 0) is 19.4 Å². The van der Waals surface area contributed by atoms with Crippen LogP contribution in [-0.4, -0.2) is 68.7 Å². The summed E-state index contributed by atoms with van der Waals surface area (Å²) in [7, 11) is 0. The van der Waals surface area contributed by atoms with Crippen molar-refractivity contribution in [1.82, 2.24) is 15.3 Å². The maximum atomic E-state index is 5.43. The number of hydrogen-bond acceptors (Lipinski definition) is 5. The van der Waals surface area contributed by atoms with Crippen molar-refractivity contribution >= 4 is 22.8 Å². The zero-order chi connectivity index (χ0) is 18.6. The van der Waals surface area contributed by atoms with E-state index in [0.29, 0.717) is 5.95 Å². The third kappa shape index (κ3) is 4.35. The van der Waals surface area contributed by atoms with Crippen LogP contribution in [0, 0.1) is 13.8 Å². The number of morpholine rings is 1. The van der Waals surface area contributed by atoms with Crippen LogP contribution in [0.3, 0.4) is 0 Å². The predicted octanol–water partition coefficient (Wildman–Crippen LogP) is -3.59. The largest absolute Gasteiger partial charge is 0.370 e. The second-order valence-electron chi connectivity index (χ2n) is 7.42. The van der Waals surface area contributed by atoms with Gasteiger partial charge in [0.2, 0.25) is 0 Å². The Morgan fingerprint density at radius 3 is 2.74 bits per heavy atom. The van der Waals surface area contributed by atoms with E-state index in [4.69, 9.17) is 9.72 Å². The molecular weight excluding hydrogens is 342 g/mol. The lowest BCUT2D eigenvalue weighted by atomic mass is 10.1. The third-order valence-corrected chi connectivity index (χ3v) is 5.42. The first-order valence-electron chi connectivity index (χ1n) is 9.79. The van der Waals surface area contributed by atoms with Crippen LogP contribution in [0.25, 0.3) is 10.9 Å². The number of guanidine groups is 1. The second kappa shape index (κ2) is 8.16.